The van der Waals surface area contributed by atoms with Crippen LogP contribution in [-0.4, -0.2) is 10.1 Å². The molecule has 0 aromatic carbocycles. The lowest BCUT2D eigenvalue weighted by atomic mass is 10.3. The molecular weight excluding hydrogens is 252 g/mol. The Balaban J connectivity index is 2.35. The Hall–Kier alpha value is -0.680. The molecule has 5 heteroatoms. The summed E-state index contributed by atoms with van der Waals surface area (Å²) in [6.07, 6.45) is 0. The lowest BCUT2D eigenvalue weighted by molar-refractivity contribution is 0.425. The summed E-state index contributed by atoms with van der Waals surface area (Å²) >= 11 is 4.91. The highest BCUT2D eigenvalue weighted by Gasteiger charge is 2.08. The third kappa shape index (κ3) is 1.81. The minimum absolute atomic E-state index is 0.708. The van der Waals surface area contributed by atoms with E-state index in [1.807, 2.05) is 18.4 Å². The zero-order chi connectivity index (χ0) is 9.26. The van der Waals surface area contributed by atoms with E-state index in [9.17, 15) is 0 Å². The van der Waals surface area contributed by atoms with Gasteiger partial charge in [-0.1, -0.05) is 21.1 Å². The first-order valence-corrected chi connectivity index (χ1v) is 5.74. The lowest BCUT2D eigenvalue weighted by Crippen LogP contribution is -1.73. The Kier molecular flexibility index (Phi) is 2.46. The highest BCUT2D eigenvalue weighted by atomic mass is 79.9. The molecule has 2 heterocycles. The van der Waals surface area contributed by atoms with Crippen molar-refractivity contribution in [1.82, 2.24) is 10.1 Å². The molecule has 0 atom stereocenters. The van der Waals surface area contributed by atoms with Crippen LogP contribution in [0.5, 0.6) is 0 Å². The number of thiazole rings is 1. The van der Waals surface area contributed by atoms with Crippen molar-refractivity contribution in [2.75, 3.05) is 0 Å². The van der Waals surface area contributed by atoms with Crippen LogP contribution in [0.15, 0.2) is 16.0 Å². The average Bonchev–Trinajstić information content (AvgIpc) is 2.71. The molecule has 0 saturated heterocycles. The van der Waals surface area contributed by atoms with Gasteiger partial charge in [0.05, 0.1) is 10.7 Å². The van der Waals surface area contributed by atoms with Gasteiger partial charge in [0.2, 0.25) is 0 Å². The Labute approximate surface area is 87.9 Å². The summed E-state index contributed by atoms with van der Waals surface area (Å²) in [5.74, 6) is 0.735. The van der Waals surface area contributed by atoms with Gasteiger partial charge in [-0.25, -0.2) is 4.98 Å². The molecule has 0 aliphatic heterocycles. The van der Waals surface area contributed by atoms with Crippen LogP contribution in [0.1, 0.15) is 10.7 Å². The van der Waals surface area contributed by atoms with Gasteiger partial charge in [0.1, 0.15) is 5.69 Å². The van der Waals surface area contributed by atoms with Crippen LogP contribution >= 0.6 is 27.3 Å². The molecule has 0 unspecified atom stereocenters. The van der Waals surface area contributed by atoms with Crippen LogP contribution < -0.4 is 0 Å². The van der Waals surface area contributed by atoms with Crippen molar-refractivity contribution in [3.05, 3.63) is 22.1 Å². The molecule has 0 bridgehead atoms. The van der Waals surface area contributed by atoms with E-state index in [2.05, 4.69) is 26.1 Å². The van der Waals surface area contributed by atoms with Crippen LogP contribution in [0.2, 0.25) is 0 Å². The van der Waals surface area contributed by atoms with Gasteiger partial charge in [0.25, 0.3) is 0 Å². The first kappa shape index (κ1) is 8.90. The molecule has 3 nitrogen and oxygen atoms in total. The molecule has 68 valence electrons. The van der Waals surface area contributed by atoms with E-state index in [4.69, 9.17) is 4.52 Å². The van der Waals surface area contributed by atoms with Crippen LogP contribution in [0, 0.1) is 6.92 Å². The molecule has 0 amide bonds. The Bertz CT molecular complexity index is 410. The van der Waals surface area contributed by atoms with Crippen LogP contribution in [0.4, 0.5) is 0 Å². The second-order valence-electron chi connectivity index (χ2n) is 2.57. The first-order chi connectivity index (χ1) is 6.29. The van der Waals surface area contributed by atoms with Crippen molar-refractivity contribution in [3.8, 4) is 11.5 Å². The first-order valence-electron chi connectivity index (χ1n) is 3.73. The lowest BCUT2D eigenvalue weighted by Gasteiger charge is -1.83. The van der Waals surface area contributed by atoms with Gasteiger partial charge in [-0.05, 0) is 6.92 Å². The van der Waals surface area contributed by atoms with Crippen molar-refractivity contribution >= 4 is 27.3 Å². The summed E-state index contributed by atoms with van der Waals surface area (Å²) in [6.45, 7) is 1.97. The minimum atomic E-state index is 0.708. The Morgan fingerprint density at radius 3 is 3.00 bits per heavy atom. The molecule has 0 N–H and O–H groups in total. The molecule has 0 aliphatic rings. The van der Waals surface area contributed by atoms with E-state index in [0.717, 1.165) is 22.2 Å². The largest absolute Gasteiger partial charge is 0.354 e. The third-order valence-corrected chi connectivity index (χ3v) is 2.92. The van der Waals surface area contributed by atoms with Gasteiger partial charge in [-0.2, -0.15) is 0 Å². The van der Waals surface area contributed by atoms with Gasteiger partial charge < -0.3 is 4.52 Å². The zero-order valence-electron chi connectivity index (χ0n) is 6.95. The topological polar surface area (TPSA) is 38.9 Å². The number of rotatable bonds is 2. The normalized spacial score (nSPS) is 10.6. The zero-order valence-corrected chi connectivity index (χ0v) is 9.35. The van der Waals surface area contributed by atoms with Gasteiger partial charge in [0.15, 0.2) is 5.76 Å². The Morgan fingerprint density at radius 2 is 2.46 bits per heavy atom. The summed E-state index contributed by atoms with van der Waals surface area (Å²) in [5.41, 5.74) is 1.75. The monoisotopic (exact) mass is 258 g/mol. The molecule has 0 saturated carbocycles. The summed E-state index contributed by atoms with van der Waals surface area (Å²) in [4.78, 5) is 4.30. The summed E-state index contributed by atoms with van der Waals surface area (Å²) < 4.78 is 5.12. The maximum atomic E-state index is 5.12. The fraction of sp³-hybridized carbons (Fsp3) is 0.250. The Morgan fingerprint density at radius 1 is 1.62 bits per heavy atom. The number of halogens is 1. The van der Waals surface area contributed by atoms with E-state index in [0.29, 0.717) is 5.33 Å². The van der Waals surface area contributed by atoms with E-state index in [-0.39, 0.29) is 0 Å². The number of alkyl halides is 1. The molecule has 0 fully saturated rings. The molecule has 0 radical (unpaired) electrons. The van der Waals surface area contributed by atoms with Gasteiger partial charge >= 0.3 is 0 Å². The van der Waals surface area contributed by atoms with Gasteiger partial charge in [-0.3, -0.25) is 0 Å². The van der Waals surface area contributed by atoms with Crippen LogP contribution in [-0.2, 0) is 5.33 Å². The summed E-state index contributed by atoms with van der Waals surface area (Å²) in [7, 11) is 0. The number of hydrogen-bond acceptors (Lipinski definition) is 4. The summed E-state index contributed by atoms with van der Waals surface area (Å²) in [6, 6.07) is 1.89. The van der Waals surface area contributed by atoms with Crippen molar-refractivity contribution in [2.24, 2.45) is 0 Å². The second kappa shape index (κ2) is 3.59. The maximum Gasteiger partial charge on any atom is 0.186 e. The number of nitrogens with zero attached hydrogens (tertiary/aromatic N) is 2. The van der Waals surface area contributed by atoms with E-state index < -0.39 is 0 Å². The van der Waals surface area contributed by atoms with Crippen molar-refractivity contribution in [1.29, 1.82) is 0 Å². The SMILES string of the molecule is Cc1nc(-c2cc(CBr)no2)cs1. The fourth-order valence-electron chi connectivity index (χ4n) is 0.972. The van der Waals surface area contributed by atoms with Crippen LogP contribution in [0.25, 0.3) is 11.5 Å². The quantitative estimate of drug-likeness (QED) is 0.778. The number of aryl methyl sites for hydroxylation is 1. The molecular formula is C8H7BrN2OS. The molecule has 2 rings (SSSR count). The molecule has 0 aliphatic carbocycles. The molecule has 2 aromatic rings. The van der Waals surface area contributed by atoms with Gasteiger partial charge in [0, 0.05) is 16.8 Å². The van der Waals surface area contributed by atoms with Crippen molar-refractivity contribution in [2.45, 2.75) is 12.3 Å². The average molecular weight is 259 g/mol. The fourth-order valence-corrected chi connectivity index (χ4v) is 1.84. The highest BCUT2D eigenvalue weighted by Crippen LogP contribution is 2.22. The maximum absolute atomic E-state index is 5.12. The van der Waals surface area contributed by atoms with Crippen molar-refractivity contribution < 1.29 is 4.52 Å². The number of aromatic nitrogens is 2. The van der Waals surface area contributed by atoms with E-state index in [1.54, 1.807) is 11.3 Å². The summed E-state index contributed by atoms with van der Waals surface area (Å²) in [5, 5.41) is 7.57. The van der Waals surface area contributed by atoms with Crippen LogP contribution in [0.3, 0.4) is 0 Å². The molecule has 13 heavy (non-hydrogen) atoms. The smallest absolute Gasteiger partial charge is 0.186 e. The minimum Gasteiger partial charge on any atom is -0.354 e. The standard InChI is InChI=1S/C8H7BrN2OS/c1-5-10-7(4-13-5)8-2-6(3-9)11-12-8/h2,4H,3H2,1H3. The third-order valence-electron chi connectivity index (χ3n) is 1.57. The molecule has 0 spiro atoms. The van der Waals surface area contributed by atoms with Crippen molar-refractivity contribution in [3.63, 3.8) is 0 Å². The van der Waals surface area contributed by atoms with Gasteiger partial charge in [-0.15, -0.1) is 11.3 Å². The predicted octanol–water partition coefficient (Wildman–Crippen LogP) is 3.00. The highest BCUT2D eigenvalue weighted by molar-refractivity contribution is 9.08. The predicted molar refractivity (Wildman–Crippen MR) is 55.0 cm³/mol. The second-order valence-corrected chi connectivity index (χ2v) is 4.19. The van der Waals surface area contributed by atoms with E-state index >= 15 is 0 Å². The number of hydrogen-bond donors (Lipinski definition) is 0. The molecule has 2 aromatic heterocycles. The van der Waals surface area contributed by atoms with E-state index in [1.165, 1.54) is 0 Å².